The maximum atomic E-state index is 11.3. The Balaban J connectivity index is 2.43. The van der Waals surface area contributed by atoms with Gasteiger partial charge in [0.15, 0.2) is 2.14 Å². The maximum Gasteiger partial charge on any atom is 0.330 e. The minimum atomic E-state index is -0.552. The normalized spacial score (nSPS) is 11.7. The molecule has 0 aromatic heterocycles. The lowest BCUT2D eigenvalue weighted by molar-refractivity contribution is -0.137. The summed E-state index contributed by atoms with van der Waals surface area (Å²) in [7, 11) is 0. The highest BCUT2D eigenvalue weighted by Crippen LogP contribution is 2.33. The van der Waals surface area contributed by atoms with Crippen molar-refractivity contribution in [2.45, 2.75) is 2.14 Å². The van der Waals surface area contributed by atoms with Crippen LogP contribution >= 0.6 is 47.8 Å². The molecule has 0 aliphatic heterocycles. The molecule has 0 unspecified atom stereocenters. The summed E-state index contributed by atoms with van der Waals surface area (Å²) in [4.78, 5) is 11.3. The molecule has 5 heteroatoms. The van der Waals surface area contributed by atoms with Crippen LogP contribution in [0.1, 0.15) is 5.56 Å². The quantitative estimate of drug-likeness (QED) is 0.425. The fraction of sp³-hybridized carbons (Fsp3) is 0.182. The zero-order valence-electron chi connectivity index (χ0n) is 8.20. The summed E-state index contributed by atoms with van der Waals surface area (Å²) < 4.78 is 4.41. The molecule has 0 bridgehead atoms. The van der Waals surface area contributed by atoms with Gasteiger partial charge in [-0.25, -0.2) is 4.79 Å². The van der Waals surface area contributed by atoms with Crippen LogP contribution in [0.5, 0.6) is 0 Å². The molecule has 1 aromatic rings. The number of hydrogen-bond donors (Lipinski definition) is 0. The summed E-state index contributed by atoms with van der Waals surface area (Å²) in [6, 6.07) is 9.56. The average Bonchev–Trinajstić information content (AvgIpc) is 2.24. The monoisotopic (exact) mass is 410 g/mol. The Kier molecular flexibility index (Phi) is 5.72. The molecule has 1 rings (SSSR count). The van der Waals surface area contributed by atoms with E-state index in [4.69, 9.17) is 4.74 Å². The number of benzene rings is 1. The van der Waals surface area contributed by atoms with Crippen LogP contribution in [0.15, 0.2) is 36.4 Å². The zero-order valence-corrected chi connectivity index (χ0v) is 13.0. The van der Waals surface area contributed by atoms with Crippen molar-refractivity contribution in [1.29, 1.82) is 0 Å². The molecule has 0 N–H and O–H groups in total. The number of carbonyl (C=O) groups is 1. The van der Waals surface area contributed by atoms with E-state index in [1.807, 2.05) is 30.3 Å². The van der Waals surface area contributed by atoms with Gasteiger partial charge in [0, 0.05) is 6.08 Å². The first-order valence-electron chi connectivity index (χ1n) is 4.44. The highest BCUT2D eigenvalue weighted by molar-refractivity contribution is 9.39. The molecule has 0 aliphatic rings. The van der Waals surface area contributed by atoms with Gasteiger partial charge < -0.3 is 4.74 Å². The van der Waals surface area contributed by atoms with Gasteiger partial charge in [0.2, 0.25) is 0 Å². The average molecular weight is 413 g/mol. The van der Waals surface area contributed by atoms with Crippen molar-refractivity contribution in [3.63, 3.8) is 0 Å². The van der Waals surface area contributed by atoms with Crippen LogP contribution in [-0.2, 0) is 9.53 Å². The Morgan fingerprint density at radius 3 is 2.44 bits per heavy atom. The predicted octanol–water partition coefficient (Wildman–Crippen LogP) is 4.08. The van der Waals surface area contributed by atoms with Crippen molar-refractivity contribution in [1.82, 2.24) is 0 Å². The van der Waals surface area contributed by atoms with E-state index in [1.54, 1.807) is 6.08 Å². The number of carbonyl (C=O) groups excluding carboxylic acids is 1. The number of halogens is 3. The molecule has 86 valence electrons. The Morgan fingerprint density at radius 1 is 1.25 bits per heavy atom. The van der Waals surface area contributed by atoms with Crippen LogP contribution in [-0.4, -0.2) is 14.7 Å². The van der Waals surface area contributed by atoms with E-state index in [0.29, 0.717) is 0 Å². The molecular weight excluding hydrogens is 404 g/mol. The van der Waals surface area contributed by atoms with Gasteiger partial charge >= 0.3 is 5.97 Å². The topological polar surface area (TPSA) is 26.3 Å². The molecule has 0 heterocycles. The molecule has 0 aliphatic carbocycles. The van der Waals surface area contributed by atoms with E-state index in [9.17, 15) is 4.79 Å². The number of hydrogen-bond acceptors (Lipinski definition) is 2. The van der Waals surface area contributed by atoms with Gasteiger partial charge in [-0.2, -0.15) is 0 Å². The fourth-order valence-electron chi connectivity index (χ4n) is 0.929. The summed E-state index contributed by atoms with van der Waals surface area (Å²) in [5, 5.41) is 0. The van der Waals surface area contributed by atoms with E-state index in [1.165, 1.54) is 6.08 Å². The molecule has 2 nitrogen and oxygen atoms in total. The molecule has 0 spiro atoms. The number of ether oxygens (including phenoxy) is 1. The minimum absolute atomic E-state index is 0.185. The molecule has 0 amide bonds. The second-order valence-electron chi connectivity index (χ2n) is 2.97. The summed E-state index contributed by atoms with van der Waals surface area (Å²) in [5.41, 5.74) is 0.960. The summed E-state index contributed by atoms with van der Waals surface area (Å²) in [5.74, 6) is -0.383. The SMILES string of the molecule is O=C(C=Cc1ccccc1)OCC(Br)(Br)Br. The van der Waals surface area contributed by atoms with Crippen molar-refractivity contribution in [3.8, 4) is 0 Å². The molecular formula is C11H9Br3O2. The van der Waals surface area contributed by atoms with Crippen LogP contribution in [0, 0.1) is 0 Å². The highest BCUT2D eigenvalue weighted by atomic mass is 80.0. The van der Waals surface area contributed by atoms with E-state index in [0.717, 1.165) is 5.56 Å². The van der Waals surface area contributed by atoms with Crippen molar-refractivity contribution in [2.24, 2.45) is 0 Å². The van der Waals surface area contributed by atoms with E-state index in [-0.39, 0.29) is 12.6 Å². The number of esters is 1. The first-order chi connectivity index (χ1) is 7.47. The first-order valence-corrected chi connectivity index (χ1v) is 6.82. The van der Waals surface area contributed by atoms with Crippen LogP contribution in [0.3, 0.4) is 0 Å². The van der Waals surface area contributed by atoms with Gasteiger partial charge in [0.1, 0.15) is 6.61 Å². The van der Waals surface area contributed by atoms with Crippen molar-refractivity contribution < 1.29 is 9.53 Å². The zero-order chi connectivity index (χ0) is 12.0. The number of alkyl halides is 3. The minimum Gasteiger partial charge on any atom is -0.459 e. The number of rotatable bonds is 3. The Labute approximate surface area is 119 Å². The lowest BCUT2D eigenvalue weighted by Crippen LogP contribution is -2.14. The third-order valence-corrected chi connectivity index (χ3v) is 2.28. The fourth-order valence-corrected chi connectivity index (χ4v) is 1.27. The van der Waals surface area contributed by atoms with Crippen molar-refractivity contribution >= 4 is 59.8 Å². The summed E-state index contributed by atoms with van der Waals surface area (Å²) in [6.45, 7) is 0.185. The Morgan fingerprint density at radius 2 is 1.88 bits per heavy atom. The van der Waals surface area contributed by atoms with Crippen molar-refractivity contribution in [2.75, 3.05) is 6.61 Å². The van der Waals surface area contributed by atoms with Gasteiger partial charge in [-0.1, -0.05) is 78.1 Å². The predicted molar refractivity (Wildman–Crippen MR) is 75.9 cm³/mol. The van der Waals surface area contributed by atoms with Crippen LogP contribution in [0.4, 0.5) is 0 Å². The van der Waals surface area contributed by atoms with Gasteiger partial charge in [0.05, 0.1) is 0 Å². The standard InChI is InChI=1S/C11H9Br3O2/c12-11(13,14)8-16-10(15)7-6-9-4-2-1-3-5-9/h1-7H,8H2. The van der Waals surface area contributed by atoms with E-state index in [2.05, 4.69) is 47.8 Å². The molecule has 0 saturated carbocycles. The first kappa shape index (κ1) is 13.9. The van der Waals surface area contributed by atoms with Crippen LogP contribution < -0.4 is 0 Å². The molecule has 0 fully saturated rings. The van der Waals surface area contributed by atoms with E-state index < -0.39 is 2.14 Å². The Bertz CT molecular complexity index is 369. The second kappa shape index (κ2) is 6.57. The van der Waals surface area contributed by atoms with Crippen LogP contribution in [0.25, 0.3) is 6.08 Å². The smallest absolute Gasteiger partial charge is 0.330 e. The second-order valence-corrected chi connectivity index (χ2v) is 10.2. The molecule has 0 saturated heterocycles. The molecule has 1 aromatic carbocycles. The Hall–Kier alpha value is -0.130. The van der Waals surface area contributed by atoms with Gasteiger partial charge in [-0.3, -0.25) is 0 Å². The van der Waals surface area contributed by atoms with Gasteiger partial charge in [0.25, 0.3) is 0 Å². The maximum absolute atomic E-state index is 11.3. The molecule has 0 atom stereocenters. The lowest BCUT2D eigenvalue weighted by Gasteiger charge is -2.10. The lowest BCUT2D eigenvalue weighted by atomic mass is 10.2. The molecule has 0 radical (unpaired) electrons. The summed E-state index contributed by atoms with van der Waals surface area (Å²) in [6.07, 6.45) is 3.11. The third-order valence-electron chi connectivity index (χ3n) is 1.59. The largest absolute Gasteiger partial charge is 0.459 e. The third kappa shape index (κ3) is 6.45. The van der Waals surface area contributed by atoms with Gasteiger partial charge in [-0.05, 0) is 11.6 Å². The van der Waals surface area contributed by atoms with Crippen LogP contribution in [0.2, 0.25) is 0 Å². The highest BCUT2D eigenvalue weighted by Gasteiger charge is 2.19. The van der Waals surface area contributed by atoms with E-state index >= 15 is 0 Å². The molecule has 16 heavy (non-hydrogen) atoms. The van der Waals surface area contributed by atoms with Crippen molar-refractivity contribution in [3.05, 3.63) is 42.0 Å². The van der Waals surface area contributed by atoms with Gasteiger partial charge in [-0.15, -0.1) is 0 Å². The summed E-state index contributed by atoms with van der Waals surface area (Å²) >= 11 is 9.71.